The molecule has 1 heterocycles. The number of aliphatic carboxylic acids is 1. The van der Waals surface area contributed by atoms with E-state index >= 15 is 0 Å². The van der Waals surface area contributed by atoms with Gasteiger partial charge in [0.25, 0.3) is 0 Å². The van der Waals surface area contributed by atoms with Gasteiger partial charge in [-0.1, -0.05) is 15.9 Å². The number of carboxylic acids is 1. The van der Waals surface area contributed by atoms with Crippen molar-refractivity contribution in [2.75, 3.05) is 6.54 Å². The highest BCUT2D eigenvalue weighted by Crippen LogP contribution is 2.26. The zero-order valence-electron chi connectivity index (χ0n) is 12.6. The maximum atomic E-state index is 10.9. The molecule has 114 valence electrons. The van der Waals surface area contributed by atoms with Crippen LogP contribution in [0, 0.1) is 0 Å². The van der Waals surface area contributed by atoms with Crippen LogP contribution in [0.4, 0.5) is 0 Å². The van der Waals surface area contributed by atoms with E-state index in [0.29, 0.717) is 6.54 Å². The lowest BCUT2D eigenvalue weighted by molar-refractivity contribution is -0.137. The van der Waals surface area contributed by atoms with E-state index in [9.17, 15) is 4.79 Å². The van der Waals surface area contributed by atoms with Gasteiger partial charge in [0, 0.05) is 40.2 Å². The van der Waals surface area contributed by atoms with E-state index in [-0.39, 0.29) is 12.0 Å². The van der Waals surface area contributed by atoms with Crippen LogP contribution in [-0.2, 0) is 11.3 Å². The molecule has 2 aromatic rings. The molecule has 0 unspecified atom stereocenters. The Morgan fingerprint density at radius 1 is 1.38 bits per heavy atom. The molecule has 0 spiro atoms. The molecule has 1 aromatic heterocycles. The Hall–Kier alpha value is -1.33. The number of benzene rings is 1. The number of hydrogen-bond donors (Lipinski definition) is 2. The van der Waals surface area contributed by atoms with Crippen LogP contribution >= 0.6 is 15.9 Å². The van der Waals surface area contributed by atoms with Crippen molar-refractivity contribution in [3.63, 3.8) is 0 Å². The number of aromatic nitrogens is 1. The lowest BCUT2D eigenvalue weighted by Gasteiger charge is -2.35. The van der Waals surface area contributed by atoms with Gasteiger partial charge in [-0.05, 0) is 44.5 Å². The summed E-state index contributed by atoms with van der Waals surface area (Å²) in [6.45, 7) is 7.60. The number of fused-ring (bicyclic) bond motifs is 1. The Bertz CT molecular complexity index is 643. The summed E-state index contributed by atoms with van der Waals surface area (Å²) in [5.74, 6) is -0.758. The molecule has 0 saturated carbocycles. The molecule has 4 nitrogen and oxygen atoms in total. The van der Waals surface area contributed by atoms with E-state index < -0.39 is 5.97 Å². The highest BCUT2D eigenvalue weighted by atomic mass is 79.9. The van der Waals surface area contributed by atoms with Gasteiger partial charge in [0.2, 0.25) is 0 Å². The molecule has 0 aliphatic carbocycles. The van der Waals surface area contributed by atoms with Crippen molar-refractivity contribution in [1.82, 2.24) is 9.88 Å². The summed E-state index contributed by atoms with van der Waals surface area (Å²) in [7, 11) is 0. The maximum Gasteiger partial charge on any atom is 0.304 e. The molecule has 0 aliphatic rings. The second-order valence-electron chi connectivity index (χ2n) is 6.24. The molecule has 1 aromatic carbocycles. The first-order chi connectivity index (χ1) is 9.77. The molecular formula is C16H21BrN2O2. The summed E-state index contributed by atoms with van der Waals surface area (Å²) in [5.41, 5.74) is 2.21. The topological polar surface area (TPSA) is 56.3 Å². The minimum absolute atomic E-state index is 0.0783. The van der Waals surface area contributed by atoms with Gasteiger partial charge in [-0.25, -0.2) is 0 Å². The van der Waals surface area contributed by atoms with Gasteiger partial charge in [0.1, 0.15) is 0 Å². The van der Waals surface area contributed by atoms with Crippen molar-refractivity contribution < 1.29 is 9.90 Å². The monoisotopic (exact) mass is 352 g/mol. The standard InChI is InChI=1S/C16H21BrN2O2/c1-16(2,3)19(7-6-15(20)21)10-11-9-18-14-5-4-12(17)8-13(11)14/h4-5,8-9,18H,6-7,10H2,1-3H3,(H,20,21). The fraction of sp³-hybridized carbons (Fsp3) is 0.438. The van der Waals surface area contributed by atoms with Gasteiger partial charge in [-0.15, -0.1) is 0 Å². The first-order valence-corrected chi connectivity index (χ1v) is 7.79. The van der Waals surface area contributed by atoms with Crippen LogP contribution < -0.4 is 0 Å². The zero-order valence-corrected chi connectivity index (χ0v) is 14.2. The number of H-pyrrole nitrogens is 1. The second-order valence-corrected chi connectivity index (χ2v) is 7.16. The Morgan fingerprint density at radius 2 is 2.10 bits per heavy atom. The lowest BCUT2D eigenvalue weighted by Crippen LogP contribution is -2.41. The number of hydrogen-bond acceptors (Lipinski definition) is 2. The highest BCUT2D eigenvalue weighted by Gasteiger charge is 2.23. The molecule has 0 fully saturated rings. The summed E-state index contributed by atoms with van der Waals surface area (Å²) in [4.78, 5) is 16.3. The van der Waals surface area contributed by atoms with Crippen LogP contribution in [0.25, 0.3) is 10.9 Å². The van der Waals surface area contributed by atoms with Gasteiger partial charge in [-0.3, -0.25) is 9.69 Å². The van der Waals surface area contributed by atoms with Gasteiger partial charge in [0.05, 0.1) is 6.42 Å². The SMILES string of the molecule is CC(C)(C)N(CCC(=O)O)Cc1c[nH]c2ccc(Br)cc12. The third-order valence-corrected chi connectivity index (χ3v) is 4.13. The summed E-state index contributed by atoms with van der Waals surface area (Å²) in [6, 6.07) is 6.15. The first-order valence-electron chi connectivity index (χ1n) is 7.00. The van der Waals surface area contributed by atoms with Crippen LogP contribution in [-0.4, -0.2) is 33.0 Å². The number of rotatable bonds is 5. The Morgan fingerprint density at radius 3 is 2.71 bits per heavy atom. The van der Waals surface area contributed by atoms with Crippen molar-refractivity contribution in [3.8, 4) is 0 Å². The van der Waals surface area contributed by atoms with E-state index in [2.05, 4.69) is 52.7 Å². The Kier molecular flexibility index (Phi) is 4.74. The molecule has 0 bridgehead atoms. The van der Waals surface area contributed by atoms with Crippen molar-refractivity contribution in [2.45, 2.75) is 39.3 Å². The summed E-state index contributed by atoms with van der Waals surface area (Å²) >= 11 is 3.50. The number of carboxylic acid groups (broad SMARTS) is 1. The quantitative estimate of drug-likeness (QED) is 0.854. The van der Waals surface area contributed by atoms with Gasteiger partial charge in [0.15, 0.2) is 0 Å². The van der Waals surface area contributed by atoms with E-state index in [1.807, 2.05) is 18.3 Å². The third kappa shape index (κ3) is 4.08. The molecule has 0 aliphatic heterocycles. The lowest BCUT2D eigenvalue weighted by atomic mass is 10.0. The van der Waals surface area contributed by atoms with Crippen LogP contribution in [0.5, 0.6) is 0 Å². The minimum Gasteiger partial charge on any atom is -0.481 e. The molecule has 5 heteroatoms. The van der Waals surface area contributed by atoms with E-state index in [1.165, 1.54) is 10.9 Å². The van der Waals surface area contributed by atoms with E-state index in [0.717, 1.165) is 16.5 Å². The predicted octanol–water partition coefficient (Wildman–Crippen LogP) is 4.01. The zero-order chi connectivity index (χ0) is 15.6. The molecule has 0 atom stereocenters. The van der Waals surface area contributed by atoms with Crippen molar-refractivity contribution in [2.24, 2.45) is 0 Å². The average molecular weight is 353 g/mol. The third-order valence-electron chi connectivity index (χ3n) is 3.63. The molecule has 2 rings (SSSR count). The Balaban J connectivity index is 2.25. The maximum absolute atomic E-state index is 10.9. The molecule has 0 radical (unpaired) electrons. The minimum atomic E-state index is -0.758. The Labute approximate surface area is 133 Å². The van der Waals surface area contributed by atoms with Crippen molar-refractivity contribution in [1.29, 1.82) is 0 Å². The van der Waals surface area contributed by atoms with E-state index in [4.69, 9.17) is 5.11 Å². The normalized spacial score (nSPS) is 12.2. The summed E-state index contributed by atoms with van der Waals surface area (Å²) < 4.78 is 1.05. The fourth-order valence-corrected chi connectivity index (χ4v) is 2.73. The second kappa shape index (κ2) is 6.20. The molecule has 21 heavy (non-hydrogen) atoms. The van der Waals surface area contributed by atoms with Crippen LogP contribution in [0.2, 0.25) is 0 Å². The highest BCUT2D eigenvalue weighted by molar-refractivity contribution is 9.10. The smallest absolute Gasteiger partial charge is 0.304 e. The molecular weight excluding hydrogens is 332 g/mol. The number of halogens is 1. The number of aromatic amines is 1. The summed E-state index contributed by atoms with van der Waals surface area (Å²) in [6.07, 6.45) is 2.17. The number of nitrogens with zero attached hydrogens (tertiary/aromatic N) is 1. The number of carbonyl (C=O) groups is 1. The van der Waals surface area contributed by atoms with Gasteiger partial charge < -0.3 is 10.1 Å². The fourth-order valence-electron chi connectivity index (χ4n) is 2.37. The van der Waals surface area contributed by atoms with Crippen molar-refractivity contribution in [3.05, 3.63) is 34.4 Å². The largest absolute Gasteiger partial charge is 0.481 e. The van der Waals surface area contributed by atoms with Crippen molar-refractivity contribution >= 4 is 32.8 Å². The molecule has 2 N–H and O–H groups in total. The molecule has 0 amide bonds. The number of nitrogens with one attached hydrogen (secondary N) is 1. The van der Waals surface area contributed by atoms with Crippen LogP contribution in [0.1, 0.15) is 32.8 Å². The van der Waals surface area contributed by atoms with Gasteiger partial charge in [-0.2, -0.15) is 0 Å². The van der Waals surface area contributed by atoms with Gasteiger partial charge >= 0.3 is 5.97 Å². The average Bonchev–Trinajstić information content (AvgIpc) is 2.75. The molecule has 0 saturated heterocycles. The predicted molar refractivity (Wildman–Crippen MR) is 88.4 cm³/mol. The van der Waals surface area contributed by atoms with E-state index in [1.54, 1.807) is 0 Å². The first kappa shape index (κ1) is 16.0. The summed E-state index contributed by atoms with van der Waals surface area (Å²) in [5, 5.41) is 10.1. The van der Waals surface area contributed by atoms with Crippen LogP contribution in [0.3, 0.4) is 0 Å². The van der Waals surface area contributed by atoms with Crippen LogP contribution in [0.15, 0.2) is 28.9 Å².